The number of nitriles is 1. The monoisotopic (exact) mass is 501 g/mol. The third kappa shape index (κ3) is 6.92. The van der Waals surface area contributed by atoms with E-state index in [4.69, 9.17) is 15.2 Å². The van der Waals surface area contributed by atoms with Crippen LogP contribution in [0.25, 0.3) is 0 Å². The molecule has 2 aromatic rings. The van der Waals surface area contributed by atoms with Crippen LogP contribution in [0.3, 0.4) is 0 Å². The number of anilines is 1. The first-order chi connectivity index (χ1) is 17.1. The Morgan fingerprint density at radius 2 is 1.69 bits per heavy atom. The quantitative estimate of drug-likeness (QED) is 0.612. The molecule has 0 radical (unpaired) electrons. The van der Waals surface area contributed by atoms with Crippen LogP contribution in [0.5, 0.6) is 0 Å². The van der Waals surface area contributed by atoms with Gasteiger partial charge < -0.3 is 10.0 Å². The minimum atomic E-state index is -5.08. The molecular weight excluding hydrogens is 475 g/mol. The third-order valence-corrected chi connectivity index (χ3v) is 6.14. The summed E-state index contributed by atoms with van der Waals surface area (Å²) >= 11 is 0. The molecule has 2 heterocycles. The van der Waals surface area contributed by atoms with Crippen molar-refractivity contribution in [2.45, 2.75) is 44.8 Å². The molecule has 0 bridgehead atoms. The Morgan fingerprint density at radius 3 is 2.39 bits per heavy atom. The number of carbonyl (C=O) groups excluding carboxylic acids is 2. The van der Waals surface area contributed by atoms with E-state index in [1.807, 2.05) is 36.4 Å². The highest BCUT2D eigenvalue weighted by Gasteiger charge is 2.38. The van der Waals surface area contributed by atoms with E-state index < -0.39 is 12.1 Å². The van der Waals surface area contributed by atoms with Crippen LogP contribution in [0.4, 0.5) is 18.9 Å². The summed E-state index contributed by atoms with van der Waals surface area (Å²) in [5.41, 5.74) is 4.77. The van der Waals surface area contributed by atoms with Crippen molar-refractivity contribution in [2.24, 2.45) is 0 Å². The number of unbranched alkanes of at least 4 members (excludes halogenated alkanes) is 1. The van der Waals surface area contributed by atoms with Gasteiger partial charge in [-0.1, -0.05) is 18.2 Å². The number of carbonyl (C=O) groups is 3. The lowest BCUT2D eigenvalue weighted by molar-refractivity contribution is -0.192. The van der Waals surface area contributed by atoms with Crippen molar-refractivity contribution in [3.63, 3.8) is 0 Å². The van der Waals surface area contributed by atoms with Crippen molar-refractivity contribution in [2.75, 3.05) is 24.5 Å². The predicted octanol–water partition coefficient (Wildman–Crippen LogP) is 4.34. The van der Waals surface area contributed by atoms with Crippen LogP contribution in [0.1, 0.15) is 52.7 Å². The topological polar surface area (TPSA) is 102 Å². The van der Waals surface area contributed by atoms with E-state index in [0.717, 1.165) is 50.1 Å². The number of halogens is 3. The number of hydrogen-bond acceptors (Lipinski definition) is 5. The Bertz CT molecular complexity index is 1170. The molecule has 2 aliphatic heterocycles. The van der Waals surface area contributed by atoms with Crippen LogP contribution in [-0.2, 0) is 22.6 Å². The highest BCUT2D eigenvalue weighted by atomic mass is 19.4. The van der Waals surface area contributed by atoms with Crippen LogP contribution in [0, 0.1) is 11.3 Å². The Balaban J connectivity index is 0.000000454. The fraction of sp³-hybridized carbons (Fsp3) is 0.385. The van der Waals surface area contributed by atoms with Gasteiger partial charge in [0.25, 0.3) is 0 Å². The molecule has 0 atom stereocenters. The standard InChI is InChI=1S/C24H25N3O2.C2HF3O2/c25-16-18-7-8-20-17-26(14-11-19(20)15-18)12-3-4-13-27-22-6-2-1-5-21(22)23(28)9-10-24(27)29;3-2(4,5)1(6)7/h1-2,5-8,15H,3-4,9-14,17H2;(H,6,7). The fourth-order valence-corrected chi connectivity index (χ4v) is 4.29. The van der Waals surface area contributed by atoms with Crippen LogP contribution in [0.2, 0.25) is 0 Å². The summed E-state index contributed by atoms with van der Waals surface area (Å²) in [4.78, 5) is 38.0. The molecule has 0 saturated carbocycles. The second-order valence-corrected chi connectivity index (χ2v) is 8.62. The van der Waals surface area contributed by atoms with Gasteiger partial charge in [0, 0.05) is 38.0 Å². The number of rotatable bonds is 5. The first kappa shape index (κ1) is 26.9. The number of hydrogen-bond donors (Lipinski definition) is 1. The van der Waals surface area contributed by atoms with E-state index in [1.54, 1.807) is 4.90 Å². The summed E-state index contributed by atoms with van der Waals surface area (Å²) in [6.45, 7) is 3.56. The molecule has 4 rings (SSSR count). The van der Waals surface area contributed by atoms with Crippen molar-refractivity contribution in [1.29, 1.82) is 5.26 Å². The maximum absolute atomic E-state index is 12.5. The summed E-state index contributed by atoms with van der Waals surface area (Å²) in [6.07, 6.45) is -1.60. The molecule has 10 heteroatoms. The number of nitrogens with zero attached hydrogens (tertiary/aromatic N) is 3. The fourth-order valence-electron chi connectivity index (χ4n) is 4.29. The highest BCUT2D eigenvalue weighted by molar-refractivity contribution is 6.10. The zero-order chi connectivity index (χ0) is 26.3. The Hall–Kier alpha value is -3.71. The van der Waals surface area contributed by atoms with Crippen molar-refractivity contribution < 1.29 is 32.7 Å². The molecule has 0 aliphatic carbocycles. The van der Waals surface area contributed by atoms with Crippen LogP contribution in [0.15, 0.2) is 42.5 Å². The first-order valence-corrected chi connectivity index (χ1v) is 11.6. The third-order valence-electron chi connectivity index (χ3n) is 6.14. The maximum atomic E-state index is 12.5. The Kier molecular flexibility index (Phi) is 8.83. The van der Waals surface area contributed by atoms with Crippen LogP contribution in [-0.4, -0.2) is 53.5 Å². The van der Waals surface area contributed by atoms with E-state index in [-0.39, 0.29) is 11.7 Å². The number of alkyl halides is 3. The number of carboxylic acid groups (broad SMARTS) is 1. The minimum Gasteiger partial charge on any atom is -0.475 e. The minimum absolute atomic E-state index is 0.0449. The van der Waals surface area contributed by atoms with Gasteiger partial charge in [0.2, 0.25) is 5.91 Å². The molecule has 0 fully saturated rings. The van der Waals surface area contributed by atoms with Gasteiger partial charge in [0.15, 0.2) is 5.78 Å². The molecule has 1 N–H and O–H groups in total. The number of para-hydroxylation sites is 1. The molecule has 2 aliphatic rings. The molecule has 0 saturated heterocycles. The van der Waals surface area contributed by atoms with Gasteiger partial charge in [-0.25, -0.2) is 4.79 Å². The molecule has 2 aromatic carbocycles. The second-order valence-electron chi connectivity index (χ2n) is 8.62. The Morgan fingerprint density at radius 1 is 1.00 bits per heavy atom. The van der Waals surface area contributed by atoms with Crippen molar-refractivity contribution in [3.8, 4) is 6.07 Å². The number of carboxylic acids is 1. The predicted molar refractivity (Wildman–Crippen MR) is 125 cm³/mol. The molecule has 1 amide bonds. The number of Topliss-reactive ketones (excluding diaryl/α,β-unsaturated/α-hetero) is 1. The zero-order valence-electron chi connectivity index (χ0n) is 19.6. The first-order valence-electron chi connectivity index (χ1n) is 11.6. The molecular formula is C26H26F3N3O4. The molecule has 36 heavy (non-hydrogen) atoms. The normalized spacial score (nSPS) is 15.7. The molecule has 0 unspecified atom stereocenters. The average molecular weight is 502 g/mol. The summed E-state index contributed by atoms with van der Waals surface area (Å²) in [6, 6.07) is 15.6. The second kappa shape index (κ2) is 11.8. The van der Waals surface area contributed by atoms with Gasteiger partial charge in [-0.15, -0.1) is 0 Å². The van der Waals surface area contributed by atoms with Crippen molar-refractivity contribution >= 4 is 23.3 Å². The van der Waals surface area contributed by atoms with Gasteiger partial charge in [-0.05, 0) is 61.2 Å². The van der Waals surface area contributed by atoms with E-state index in [0.29, 0.717) is 24.9 Å². The van der Waals surface area contributed by atoms with Gasteiger partial charge in [-0.2, -0.15) is 18.4 Å². The lowest BCUT2D eigenvalue weighted by atomic mass is 9.97. The summed E-state index contributed by atoms with van der Waals surface area (Å²) in [5, 5.41) is 16.2. The maximum Gasteiger partial charge on any atom is 0.490 e. The lowest BCUT2D eigenvalue weighted by Gasteiger charge is -2.29. The smallest absolute Gasteiger partial charge is 0.475 e. The number of ketones is 1. The average Bonchev–Trinajstić information content (AvgIpc) is 2.97. The lowest BCUT2D eigenvalue weighted by Crippen LogP contribution is -2.33. The van der Waals surface area contributed by atoms with Crippen molar-refractivity contribution in [3.05, 3.63) is 64.7 Å². The highest BCUT2D eigenvalue weighted by Crippen LogP contribution is 2.27. The Labute approximate surface area is 206 Å². The summed E-state index contributed by atoms with van der Waals surface area (Å²) in [5.74, 6) is -2.65. The molecule has 190 valence electrons. The number of amides is 1. The SMILES string of the molecule is N#Cc1ccc2c(c1)CCN(CCCCN1C(=O)CCC(=O)c3ccccc31)C2.O=C(O)C(F)(F)F. The van der Waals surface area contributed by atoms with E-state index in [2.05, 4.69) is 17.0 Å². The molecule has 0 aromatic heterocycles. The summed E-state index contributed by atoms with van der Waals surface area (Å²) in [7, 11) is 0. The van der Waals surface area contributed by atoms with E-state index in [1.165, 1.54) is 11.1 Å². The van der Waals surface area contributed by atoms with Crippen LogP contribution < -0.4 is 4.90 Å². The number of benzene rings is 2. The molecule has 7 nitrogen and oxygen atoms in total. The van der Waals surface area contributed by atoms with Crippen LogP contribution >= 0.6 is 0 Å². The molecule has 0 spiro atoms. The number of aliphatic carboxylic acids is 1. The van der Waals surface area contributed by atoms with E-state index in [9.17, 15) is 22.8 Å². The van der Waals surface area contributed by atoms with Gasteiger partial charge in [-0.3, -0.25) is 14.5 Å². The largest absolute Gasteiger partial charge is 0.490 e. The zero-order valence-corrected chi connectivity index (χ0v) is 19.6. The van der Waals surface area contributed by atoms with Crippen molar-refractivity contribution in [1.82, 2.24) is 4.90 Å². The van der Waals surface area contributed by atoms with Gasteiger partial charge in [0.1, 0.15) is 0 Å². The van der Waals surface area contributed by atoms with E-state index >= 15 is 0 Å². The van der Waals surface area contributed by atoms with Gasteiger partial charge in [0.05, 0.1) is 17.3 Å². The number of fused-ring (bicyclic) bond motifs is 2. The summed E-state index contributed by atoms with van der Waals surface area (Å²) < 4.78 is 31.7. The van der Waals surface area contributed by atoms with Gasteiger partial charge >= 0.3 is 12.1 Å².